The summed E-state index contributed by atoms with van der Waals surface area (Å²) in [6.07, 6.45) is 0. The van der Waals surface area contributed by atoms with Crippen LogP contribution in [0.4, 0.5) is 0 Å². The average molecular weight is 206 g/mol. The number of nitrogens with two attached hydrogens (primary N) is 1. The number of ether oxygens (including phenoxy) is 1. The molecule has 0 aliphatic rings. The van der Waals surface area contributed by atoms with Crippen molar-refractivity contribution in [2.45, 2.75) is 26.7 Å². The van der Waals surface area contributed by atoms with Gasteiger partial charge in [0.2, 0.25) is 0 Å². The Bertz CT molecular complexity index is 359. The number of benzene rings is 1. The second kappa shape index (κ2) is 4.82. The highest BCUT2D eigenvalue weighted by atomic mass is 16.5. The maximum atomic E-state index is 7.13. The van der Waals surface area contributed by atoms with Crippen LogP contribution in [0.1, 0.15) is 30.9 Å². The van der Waals surface area contributed by atoms with Crippen molar-refractivity contribution in [1.82, 2.24) is 0 Å². The molecule has 0 atom stereocenters. The number of amidine groups is 1. The molecule has 3 N–H and O–H groups in total. The molecule has 0 spiro atoms. The topological polar surface area (TPSA) is 59.1 Å². The van der Waals surface area contributed by atoms with E-state index in [-0.39, 0.29) is 12.4 Å². The molecule has 0 aliphatic carbocycles. The summed E-state index contributed by atoms with van der Waals surface area (Å²) in [4.78, 5) is 0. The van der Waals surface area contributed by atoms with Crippen LogP contribution >= 0.6 is 0 Å². The van der Waals surface area contributed by atoms with E-state index >= 15 is 0 Å². The molecule has 0 unspecified atom stereocenters. The molecule has 0 bridgehead atoms. The van der Waals surface area contributed by atoms with E-state index in [1.807, 2.05) is 13.0 Å². The first-order valence-corrected chi connectivity index (χ1v) is 5.07. The molecule has 0 saturated carbocycles. The van der Waals surface area contributed by atoms with E-state index in [1.54, 1.807) is 0 Å². The van der Waals surface area contributed by atoms with Gasteiger partial charge >= 0.3 is 0 Å². The first-order valence-electron chi connectivity index (χ1n) is 5.07. The van der Waals surface area contributed by atoms with Gasteiger partial charge in [0.25, 0.3) is 0 Å². The van der Waals surface area contributed by atoms with Crippen LogP contribution in [0.2, 0.25) is 0 Å². The van der Waals surface area contributed by atoms with Crippen LogP contribution < -0.4 is 10.5 Å². The van der Waals surface area contributed by atoms with Crippen LogP contribution in [-0.2, 0) is 0 Å². The molecule has 15 heavy (non-hydrogen) atoms. The van der Waals surface area contributed by atoms with Crippen molar-refractivity contribution in [3.8, 4) is 5.75 Å². The van der Waals surface area contributed by atoms with E-state index < -0.39 is 0 Å². The minimum atomic E-state index is 0.0474. The molecule has 3 nitrogen and oxygen atoms in total. The lowest BCUT2D eigenvalue weighted by molar-refractivity contribution is 0.368. The first-order chi connectivity index (χ1) is 7.00. The predicted molar refractivity (Wildman–Crippen MR) is 62.7 cm³/mol. The molecule has 1 aromatic rings. The smallest absolute Gasteiger partial charge is 0.145 e. The normalized spacial score (nSPS) is 10.4. The number of nitrogens with one attached hydrogen (secondary N) is 1. The number of hydrogen-bond donors (Lipinski definition) is 2. The molecular weight excluding hydrogens is 188 g/mol. The van der Waals surface area contributed by atoms with Crippen LogP contribution in [0.15, 0.2) is 18.2 Å². The maximum absolute atomic E-state index is 7.13. The van der Waals surface area contributed by atoms with E-state index in [0.717, 1.165) is 16.9 Å². The van der Waals surface area contributed by atoms with Crippen LogP contribution in [0.25, 0.3) is 0 Å². The van der Waals surface area contributed by atoms with Gasteiger partial charge in [0.05, 0.1) is 0 Å². The molecule has 0 radical (unpaired) electrons. The van der Waals surface area contributed by atoms with Crippen molar-refractivity contribution in [3.05, 3.63) is 29.3 Å². The molecule has 0 saturated heterocycles. The lowest BCUT2D eigenvalue weighted by atomic mass is 10.0. The molecule has 0 aliphatic heterocycles. The van der Waals surface area contributed by atoms with Gasteiger partial charge in [-0.3, -0.25) is 5.41 Å². The van der Waals surface area contributed by atoms with Gasteiger partial charge in [0.15, 0.2) is 0 Å². The van der Waals surface area contributed by atoms with E-state index in [1.165, 1.54) is 0 Å². The van der Waals surface area contributed by atoms with Gasteiger partial charge in [-0.1, -0.05) is 26.0 Å². The summed E-state index contributed by atoms with van der Waals surface area (Å²) in [5.41, 5.74) is 7.57. The zero-order valence-electron chi connectivity index (χ0n) is 9.50. The summed E-state index contributed by atoms with van der Waals surface area (Å²) in [6, 6.07) is 6.11. The van der Waals surface area contributed by atoms with Crippen molar-refractivity contribution in [2.24, 2.45) is 5.73 Å². The Balaban J connectivity index is 2.91. The van der Waals surface area contributed by atoms with Crippen LogP contribution in [0.3, 0.4) is 0 Å². The van der Waals surface area contributed by atoms with Gasteiger partial charge in [-0.25, -0.2) is 0 Å². The molecule has 0 fully saturated rings. The third-order valence-corrected chi connectivity index (χ3v) is 2.17. The highest BCUT2D eigenvalue weighted by Gasteiger charge is 2.08. The second-order valence-electron chi connectivity index (χ2n) is 4.01. The molecule has 3 heteroatoms. The number of rotatable bonds is 4. The van der Waals surface area contributed by atoms with E-state index in [9.17, 15) is 0 Å². The molecule has 0 heterocycles. The zero-order valence-corrected chi connectivity index (χ0v) is 9.50. The molecule has 1 rings (SSSR count). The summed E-state index contributed by atoms with van der Waals surface area (Å²) in [5.74, 6) is 1.29. The summed E-state index contributed by atoms with van der Waals surface area (Å²) in [5, 5.41) is 7.13. The Labute approximate surface area is 90.8 Å². The molecule has 0 amide bonds. The Morgan fingerprint density at radius 1 is 1.47 bits per heavy atom. The number of hydrogen-bond acceptors (Lipinski definition) is 2. The zero-order chi connectivity index (χ0) is 11.4. The Kier molecular flexibility index (Phi) is 3.72. The number of aryl methyl sites for hydroxylation is 1. The Morgan fingerprint density at radius 2 is 2.13 bits per heavy atom. The highest BCUT2D eigenvalue weighted by molar-refractivity contribution is 5.78. The fourth-order valence-electron chi connectivity index (χ4n) is 1.40. The summed E-state index contributed by atoms with van der Waals surface area (Å²) in [6.45, 7) is 6.41. The van der Waals surface area contributed by atoms with E-state index in [0.29, 0.717) is 5.92 Å². The Hall–Kier alpha value is -1.51. The maximum Gasteiger partial charge on any atom is 0.145 e. The van der Waals surface area contributed by atoms with Gasteiger partial charge < -0.3 is 10.5 Å². The van der Waals surface area contributed by atoms with Crippen molar-refractivity contribution in [1.29, 1.82) is 5.41 Å². The van der Waals surface area contributed by atoms with Crippen LogP contribution in [-0.4, -0.2) is 12.4 Å². The third kappa shape index (κ3) is 3.27. The molecule has 1 aromatic carbocycles. The van der Waals surface area contributed by atoms with Crippen molar-refractivity contribution >= 4 is 5.84 Å². The second-order valence-corrected chi connectivity index (χ2v) is 4.01. The fourth-order valence-corrected chi connectivity index (χ4v) is 1.40. The van der Waals surface area contributed by atoms with Crippen molar-refractivity contribution < 1.29 is 4.74 Å². The van der Waals surface area contributed by atoms with Gasteiger partial charge in [-0.2, -0.15) is 0 Å². The monoisotopic (exact) mass is 206 g/mol. The van der Waals surface area contributed by atoms with Crippen LogP contribution in [0.5, 0.6) is 5.75 Å². The lowest BCUT2D eigenvalue weighted by Crippen LogP contribution is -2.19. The summed E-state index contributed by atoms with van der Waals surface area (Å²) < 4.78 is 5.49. The highest BCUT2D eigenvalue weighted by Crippen LogP contribution is 2.27. The molecular formula is C12H18N2O. The largest absolute Gasteiger partial charge is 0.485 e. The van der Waals surface area contributed by atoms with Gasteiger partial charge in [0, 0.05) is 0 Å². The standard InChI is InChI=1S/C12H18N2O/c1-8(2)10-5-4-9(3)6-11(10)15-7-12(13)14/h4-6,8H,7H2,1-3H3,(H3,13,14). The van der Waals surface area contributed by atoms with Crippen molar-refractivity contribution in [3.63, 3.8) is 0 Å². The van der Waals surface area contributed by atoms with Gasteiger partial charge in [0.1, 0.15) is 18.2 Å². The minimum Gasteiger partial charge on any atom is -0.485 e. The molecule has 82 valence electrons. The summed E-state index contributed by atoms with van der Waals surface area (Å²) in [7, 11) is 0. The van der Waals surface area contributed by atoms with Gasteiger partial charge in [-0.05, 0) is 30.0 Å². The Morgan fingerprint density at radius 3 is 2.67 bits per heavy atom. The van der Waals surface area contributed by atoms with Crippen LogP contribution in [0, 0.1) is 12.3 Å². The van der Waals surface area contributed by atoms with E-state index in [2.05, 4.69) is 26.0 Å². The predicted octanol–water partition coefficient (Wildman–Crippen LogP) is 2.43. The minimum absolute atomic E-state index is 0.0474. The quantitative estimate of drug-likeness (QED) is 0.587. The van der Waals surface area contributed by atoms with Gasteiger partial charge in [-0.15, -0.1) is 0 Å². The van der Waals surface area contributed by atoms with E-state index in [4.69, 9.17) is 15.9 Å². The third-order valence-electron chi connectivity index (χ3n) is 2.17. The molecule has 0 aromatic heterocycles. The fraction of sp³-hybridized carbons (Fsp3) is 0.417. The SMILES string of the molecule is Cc1ccc(C(C)C)c(OCC(=N)N)c1. The summed E-state index contributed by atoms with van der Waals surface area (Å²) >= 11 is 0. The van der Waals surface area contributed by atoms with Crippen molar-refractivity contribution in [2.75, 3.05) is 6.61 Å². The average Bonchev–Trinajstić information content (AvgIpc) is 2.14. The first kappa shape index (κ1) is 11.6. The lowest BCUT2D eigenvalue weighted by Gasteiger charge is -2.14.